The fourth-order valence-corrected chi connectivity index (χ4v) is 3.10. The molecule has 0 atom stereocenters. The van der Waals surface area contributed by atoms with Gasteiger partial charge in [0.25, 0.3) is 0 Å². The van der Waals surface area contributed by atoms with Crippen molar-refractivity contribution in [2.45, 2.75) is 33.1 Å². The summed E-state index contributed by atoms with van der Waals surface area (Å²) in [6, 6.07) is 11.6. The monoisotopic (exact) mass is 365 g/mol. The Balaban J connectivity index is 1.65. The smallest absolute Gasteiger partial charge is 0.248 e. The molecule has 1 N–H and O–H groups in total. The van der Waals surface area contributed by atoms with Crippen LogP contribution in [0, 0.1) is 6.92 Å². The van der Waals surface area contributed by atoms with Crippen LogP contribution in [0.3, 0.4) is 0 Å². The van der Waals surface area contributed by atoms with E-state index in [2.05, 4.69) is 22.1 Å². The third-order valence-corrected chi connectivity index (χ3v) is 4.55. The van der Waals surface area contributed by atoms with Crippen LogP contribution >= 0.6 is 0 Å². The lowest BCUT2D eigenvalue weighted by Gasteiger charge is -2.17. The summed E-state index contributed by atoms with van der Waals surface area (Å²) in [5, 5.41) is 2.91. The van der Waals surface area contributed by atoms with Crippen LogP contribution in [0.15, 0.2) is 42.5 Å². The molecule has 142 valence electrons. The van der Waals surface area contributed by atoms with E-state index in [9.17, 15) is 4.79 Å². The quantitative estimate of drug-likeness (QED) is 0.738. The van der Waals surface area contributed by atoms with Crippen LogP contribution in [-0.2, 0) is 4.79 Å². The normalized spacial score (nSPS) is 13.9. The van der Waals surface area contributed by atoms with E-state index in [4.69, 9.17) is 4.74 Å². The molecule has 0 bridgehead atoms. The first-order valence-corrected chi connectivity index (χ1v) is 9.61. The van der Waals surface area contributed by atoms with E-state index in [-0.39, 0.29) is 5.91 Å². The third kappa shape index (κ3) is 5.09. The number of aromatic nitrogens is 1. The molecular formula is C22H27N3O2. The van der Waals surface area contributed by atoms with Crippen LogP contribution in [0.5, 0.6) is 5.75 Å². The van der Waals surface area contributed by atoms with Gasteiger partial charge in [0.1, 0.15) is 11.6 Å². The molecule has 1 aliphatic heterocycles. The molecule has 5 nitrogen and oxygen atoms in total. The highest BCUT2D eigenvalue weighted by atomic mass is 16.5. The van der Waals surface area contributed by atoms with Gasteiger partial charge in [-0.05, 0) is 50.5 Å². The summed E-state index contributed by atoms with van der Waals surface area (Å²) in [7, 11) is 0. The highest BCUT2D eigenvalue weighted by Crippen LogP contribution is 2.23. The van der Waals surface area contributed by atoms with Crippen LogP contribution in [0.25, 0.3) is 6.08 Å². The van der Waals surface area contributed by atoms with Crippen molar-refractivity contribution in [1.82, 2.24) is 4.98 Å². The molecule has 0 spiro atoms. The van der Waals surface area contributed by atoms with Gasteiger partial charge in [-0.25, -0.2) is 4.98 Å². The Bertz CT molecular complexity index is 811. The van der Waals surface area contributed by atoms with Gasteiger partial charge in [-0.2, -0.15) is 0 Å². The molecule has 3 rings (SSSR count). The molecule has 1 aliphatic rings. The summed E-state index contributed by atoms with van der Waals surface area (Å²) in [5.41, 5.74) is 2.45. The second kappa shape index (κ2) is 9.21. The summed E-state index contributed by atoms with van der Waals surface area (Å²) in [4.78, 5) is 19.3. The van der Waals surface area contributed by atoms with Crippen molar-refractivity contribution >= 4 is 23.5 Å². The van der Waals surface area contributed by atoms with Crippen molar-refractivity contribution in [3.05, 3.63) is 53.7 Å². The van der Waals surface area contributed by atoms with Gasteiger partial charge >= 0.3 is 0 Å². The number of anilines is 2. The van der Waals surface area contributed by atoms with Gasteiger partial charge in [-0.3, -0.25) is 4.79 Å². The van der Waals surface area contributed by atoms with Gasteiger partial charge in [-0.1, -0.05) is 25.1 Å². The van der Waals surface area contributed by atoms with Crippen molar-refractivity contribution in [3.8, 4) is 5.75 Å². The Morgan fingerprint density at radius 1 is 1.22 bits per heavy atom. The predicted molar refractivity (Wildman–Crippen MR) is 110 cm³/mol. The largest absolute Gasteiger partial charge is 0.493 e. The highest BCUT2D eigenvalue weighted by molar-refractivity contribution is 6.02. The first-order valence-electron chi connectivity index (χ1n) is 9.61. The minimum Gasteiger partial charge on any atom is -0.493 e. The Labute approximate surface area is 161 Å². The second-order valence-electron chi connectivity index (χ2n) is 6.71. The zero-order valence-electron chi connectivity index (χ0n) is 16.1. The standard InChI is InChI=1S/C22H27N3O2/c1-3-16-27-20-9-5-4-8-18(20)10-13-22(26)24-19-11-12-21(23-17(19)2)25-14-6-7-15-25/h4-5,8-13H,3,6-7,14-16H2,1-2H3,(H,24,26)/b13-10+. The minimum atomic E-state index is -0.181. The number of rotatable bonds is 7. The van der Waals surface area contributed by atoms with Crippen molar-refractivity contribution in [2.24, 2.45) is 0 Å². The maximum atomic E-state index is 12.3. The first kappa shape index (κ1) is 19.0. The average Bonchev–Trinajstić information content (AvgIpc) is 3.22. The second-order valence-corrected chi connectivity index (χ2v) is 6.71. The van der Waals surface area contributed by atoms with Crippen molar-refractivity contribution < 1.29 is 9.53 Å². The van der Waals surface area contributed by atoms with Gasteiger partial charge in [0.2, 0.25) is 5.91 Å². The van der Waals surface area contributed by atoms with Crippen LogP contribution in [0.2, 0.25) is 0 Å². The van der Waals surface area contributed by atoms with E-state index in [1.165, 1.54) is 18.9 Å². The molecule has 1 saturated heterocycles. The SMILES string of the molecule is CCCOc1ccccc1/C=C/C(=O)Nc1ccc(N2CCCC2)nc1C. The minimum absolute atomic E-state index is 0.181. The lowest BCUT2D eigenvalue weighted by molar-refractivity contribution is -0.111. The van der Waals surface area contributed by atoms with E-state index >= 15 is 0 Å². The molecule has 0 saturated carbocycles. The number of aryl methyl sites for hydroxylation is 1. The van der Waals surface area contributed by atoms with Crippen LogP contribution in [-0.4, -0.2) is 30.6 Å². The maximum absolute atomic E-state index is 12.3. The lowest BCUT2D eigenvalue weighted by Crippen LogP contribution is -2.19. The number of benzene rings is 1. The fourth-order valence-electron chi connectivity index (χ4n) is 3.10. The number of hydrogen-bond acceptors (Lipinski definition) is 4. The van der Waals surface area contributed by atoms with E-state index in [1.807, 2.05) is 43.3 Å². The van der Waals surface area contributed by atoms with Gasteiger partial charge < -0.3 is 15.0 Å². The molecule has 0 aliphatic carbocycles. The topological polar surface area (TPSA) is 54.5 Å². The predicted octanol–water partition coefficient (Wildman–Crippen LogP) is 4.43. The van der Waals surface area contributed by atoms with Crippen LogP contribution in [0.1, 0.15) is 37.4 Å². The van der Waals surface area contributed by atoms with Crippen LogP contribution < -0.4 is 15.0 Å². The number of pyridine rings is 1. The zero-order chi connectivity index (χ0) is 19.1. The van der Waals surface area contributed by atoms with E-state index in [1.54, 1.807) is 6.08 Å². The van der Waals surface area contributed by atoms with Gasteiger partial charge in [0, 0.05) is 24.7 Å². The van der Waals surface area contributed by atoms with Crippen molar-refractivity contribution in [2.75, 3.05) is 29.9 Å². The van der Waals surface area contributed by atoms with Gasteiger partial charge in [-0.15, -0.1) is 0 Å². The molecule has 2 heterocycles. The molecule has 1 amide bonds. The lowest BCUT2D eigenvalue weighted by atomic mass is 10.2. The zero-order valence-corrected chi connectivity index (χ0v) is 16.1. The number of nitrogens with one attached hydrogen (secondary N) is 1. The first-order chi connectivity index (χ1) is 13.2. The fraction of sp³-hybridized carbons (Fsp3) is 0.364. The number of ether oxygens (including phenoxy) is 1. The molecule has 1 aromatic heterocycles. The van der Waals surface area contributed by atoms with E-state index in [0.717, 1.165) is 48.0 Å². The molecule has 2 aromatic rings. The van der Waals surface area contributed by atoms with Gasteiger partial charge in [0.05, 0.1) is 18.0 Å². The van der Waals surface area contributed by atoms with Gasteiger partial charge in [0.15, 0.2) is 0 Å². The number of carbonyl (C=O) groups excluding carboxylic acids is 1. The summed E-state index contributed by atoms with van der Waals surface area (Å²) in [6.45, 7) is 6.76. The summed E-state index contributed by atoms with van der Waals surface area (Å²) >= 11 is 0. The number of para-hydroxylation sites is 1. The number of nitrogens with zero attached hydrogens (tertiary/aromatic N) is 2. The molecule has 0 radical (unpaired) electrons. The highest BCUT2D eigenvalue weighted by Gasteiger charge is 2.14. The molecular weight excluding hydrogens is 338 g/mol. The van der Waals surface area contributed by atoms with E-state index < -0.39 is 0 Å². The molecule has 1 fully saturated rings. The number of hydrogen-bond donors (Lipinski definition) is 1. The Morgan fingerprint density at radius 3 is 2.74 bits per heavy atom. The van der Waals surface area contributed by atoms with Crippen LogP contribution in [0.4, 0.5) is 11.5 Å². The van der Waals surface area contributed by atoms with Crippen molar-refractivity contribution in [3.63, 3.8) is 0 Å². The number of amides is 1. The number of carbonyl (C=O) groups is 1. The Kier molecular flexibility index (Phi) is 6.47. The molecule has 1 aromatic carbocycles. The van der Waals surface area contributed by atoms with Crippen molar-refractivity contribution in [1.29, 1.82) is 0 Å². The summed E-state index contributed by atoms with van der Waals surface area (Å²) < 4.78 is 5.72. The average molecular weight is 365 g/mol. The molecule has 5 heteroatoms. The molecule has 0 unspecified atom stereocenters. The third-order valence-electron chi connectivity index (χ3n) is 4.55. The van der Waals surface area contributed by atoms with E-state index in [0.29, 0.717) is 6.61 Å². The molecule has 27 heavy (non-hydrogen) atoms. The summed E-state index contributed by atoms with van der Waals surface area (Å²) in [5.74, 6) is 1.59. The summed E-state index contributed by atoms with van der Waals surface area (Å²) in [6.07, 6.45) is 6.68. The maximum Gasteiger partial charge on any atom is 0.248 e. The Hall–Kier alpha value is -2.82. The Morgan fingerprint density at radius 2 is 2.00 bits per heavy atom.